The maximum absolute atomic E-state index is 12.9. The Kier molecular flexibility index (Phi) is 4.83. The number of benzene rings is 3. The molecule has 3 aromatic rings. The summed E-state index contributed by atoms with van der Waals surface area (Å²) >= 11 is 0. The highest BCUT2D eigenvalue weighted by molar-refractivity contribution is 6.25. The summed E-state index contributed by atoms with van der Waals surface area (Å²) in [5.74, 6) is 0.180. The average Bonchev–Trinajstić information content (AvgIpc) is 2.76. The maximum Gasteiger partial charge on any atom is 0.282 e. The summed E-state index contributed by atoms with van der Waals surface area (Å²) in [4.78, 5) is 25.7. The molecule has 0 atom stereocenters. The normalized spacial score (nSPS) is 13.2. The number of carbonyl (C=O) groups excluding carboxylic acids is 2. The fourth-order valence-electron chi connectivity index (χ4n) is 3.28. The first-order valence-electron chi connectivity index (χ1n) is 9.00. The zero-order valence-electron chi connectivity index (χ0n) is 15.8. The second-order valence-corrected chi connectivity index (χ2v) is 6.39. The Hall–Kier alpha value is -3.93. The summed E-state index contributed by atoms with van der Waals surface area (Å²) < 4.78 is 10.9. The molecule has 0 N–H and O–H groups in total. The van der Waals surface area contributed by atoms with Crippen LogP contribution in [0.3, 0.4) is 0 Å². The van der Waals surface area contributed by atoms with E-state index in [1.807, 2.05) is 12.1 Å². The minimum Gasteiger partial charge on any atom is -0.493 e. The second-order valence-electron chi connectivity index (χ2n) is 6.39. The van der Waals surface area contributed by atoms with Gasteiger partial charge in [0.25, 0.3) is 11.8 Å². The minimum absolute atomic E-state index is 0.353. The fourth-order valence-corrected chi connectivity index (χ4v) is 3.28. The molecule has 0 spiro atoms. The molecular weight excluding hydrogens is 368 g/mol. The van der Waals surface area contributed by atoms with Gasteiger partial charge in [-0.1, -0.05) is 36.9 Å². The molecule has 2 amide bonds. The Bertz CT molecular complexity index is 1120. The number of hydrazone groups is 1. The van der Waals surface area contributed by atoms with Gasteiger partial charge >= 0.3 is 0 Å². The number of nitrogens with zero attached hydrogens (tertiary/aromatic N) is 2. The first kappa shape index (κ1) is 18.4. The average molecular weight is 386 g/mol. The molecule has 0 aliphatic carbocycles. The lowest BCUT2D eigenvalue weighted by Gasteiger charge is -2.23. The van der Waals surface area contributed by atoms with E-state index in [9.17, 15) is 9.59 Å². The largest absolute Gasteiger partial charge is 0.493 e. The number of methoxy groups -OCH3 is 1. The summed E-state index contributed by atoms with van der Waals surface area (Å²) in [6, 6.07) is 16.0. The SMILES string of the molecule is C=CCOc1ccc(/C=N\N2C(=O)c3cccc4cccc(c34)C2=O)cc1OC. The standard InChI is InChI=1S/C23H18N2O4/c1-3-12-29-19-11-10-15(13-20(19)28-2)14-24-25-22(26)17-8-4-6-16-7-5-9-18(21(16)17)23(25)27/h3-11,13-14H,1,12H2,2H3/b24-14-. The number of hydrogen-bond donors (Lipinski definition) is 0. The van der Waals surface area contributed by atoms with Crippen LogP contribution in [0.25, 0.3) is 10.8 Å². The van der Waals surface area contributed by atoms with E-state index >= 15 is 0 Å². The van der Waals surface area contributed by atoms with Crippen LogP contribution in [0.15, 0.2) is 72.4 Å². The Morgan fingerprint density at radius 2 is 1.69 bits per heavy atom. The molecule has 6 heteroatoms. The van der Waals surface area contributed by atoms with E-state index in [0.717, 1.165) is 10.4 Å². The third kappa shape index (κ3) is 3.25. The number of rotatable bonds is 6. The molecular formula is C23H18N2O4. The quantitative estimate of drug-likeness (QED) is 0.364. The Morgan fingerprint density at radius 3 is 2.31 bits per heavy atom. The molecule has 1 heterocycles. The molecule has 1 aliphatic rings. The number of imide groups is 1. The zero-order valence-corrected chi connectivity index (χ0v) is 15.8. The van der Waals surface area contributed by atoms with Crippen LogP contribution in [-0.4, -0.2) is 36.8 Å². The smallest absolute Gasteiger partial charge is 0.282 e. The molecule has 0 fully saturated rings. The minimum atomic E-state index is -0.451. The van der Waals surface area contributed by atoms with Crippen LogP contribution in [0.5, 0.6) is 11.5 Å². The van der Waals surface area contributed by atoms with E-state index in [1.165, 1.54) is 13.3 Å². The molecule has 29 heavy (non-hydrogen) atoms. The van der Waals surface area contributed by atoms with Crippen LogP contribution in [-0.2, 0) is 0 Å². The molecule has 4 rings (SSSR count). The topological polar surface area (TPSA) is 68.2 Å². The predicted molar refractivity (Wildman–Crippen MR) is 111 cm³/mol. The Balaban J connectivity index is 1.66. The molecule has 0 unspecified atom stereocenters. The van der Waals surface area contributed by atoms with E-state index in [1.54, 1.807) is 48.5 Å². The molecule has 3 aromatic carbocycles. The molecule has 1 aliphatic heterocycles. The Morgan fingerprint density at radius 1 is 1.00 bits per heavy atom. The highest BCUT2D eigenvalue weighted by atomic mass is 16.5. The van der Waals surface area contributed by atoms with Crippen LogP contribution in [0.1, 0.15) is 26.3 Å². The van der Waals surface area contributed by atoms with Crippen molar-refractivity contribution in [2.24, 2.45) is 5.10 Å². The van der Waals surface area contributed by atoms with Crippen molar-refractivity contribution in [3.63, 3.8) is 0 Å². The lowest BCUT2D eigenvalue weighted by Crippen LogP contribution is -2.36. The molecule has 0 bridgehead atoms. The van der Waals surface area contributed by atoms with Gasteiger partial charge in [-0.25, -0.2) is 0 Å². The third-order valence-corrected chi connectivity index (χ3v) is 4.62. The van der Waals surface area contributed by atoms with Crippen molar-refractivity contribution in [1.82, 2.24) is 5.01 Å². The lowest BCUT2D eigenvalue weighted by atomic mass is 9.95. The van der Waals surface area contributed by atoms with E-state index in [-0.39, 0.29) is 0 Å². The van der Waals surface area contributed by atoms with Gasteiger partial charge in [0.05, 0.1) is 24.5 Å². The van der Waals surface area contributed by atoms with Crippen molar-refractivity contribution >= 4 is 28.8 Å². The monoisotopic (exact) mass is 386 g/mol. The van der Waals surface area contributed by atoms with E-state index in [4.69, 9.17) is 9.47 Å². The summed E-state index contributed by atoms with van der Waals surface area (Å²) in [6.07, 6.45) is 3.09. The molecule has 0 aromatic heterocycles. The fraction of sp³-hybridized carbons (Fsp3) is 0.0870. The zero-order chi connectivity index (χ0) is 20.4. The van der Waals surface area contributed by atoms with Crippen LogP contribution in [0.4, 0.5) is 0 Å². The van der Waals surface area contributed by atoms with Crippen LogP contribution in [0.2, 0.25) is 0 Å². The van der Waals surface area contributed by atoms with Crippen molar-refractivity contribution < 1.29 is 19.1 Å². The number of carbonyl (C=O) groups is 2. The van der Waals surface area contributed by atoms with Gasteiger partial charge in [-0.15, -0.1) is 0 Å². The van der Waals surface area contributed by atoms with Crippen LogP contribution < -0.4 is 9.47 Å². The Labute approximate surface area is 167 Å². The summed E-state index contributed by atoms with van der Waals surface area (Å²) in [5, 5.41) is 6.58. The van der Waals surface area contributed by atoms with E-state index in [0.29, 0.717) is 40.2 Å². The van der Waals surface area contributed by atoms with E-state index in [2.05, 4.69) is 11.7 Å². The first-order chi connectivity index (χ1) is 14.1. The van der Waals surface area contributed by atoms with Gasteiger partial charge in [0.15, 0.2) is 11.5 Å². The second kappa shape index (κ2) is 7.59. The lowest BCUT2D eigenvalue weighted by molar-refractivity contribution is 0.0616. The summed E-state index contributed by atoms with van der Waals surface area (Å²) in [6.45, 7) is 3.97. The highest BCUT2D eigenvalue weighted by Gasteiger charge is 2.32. The van der Waals surface area contributed by atoms with Crippen molar-refractivity contribution in [1.29, 1.82) is 0 Å². The van der Waals surface area contributed by atoms with Crippen LogP contribution in [0, 0.1) is 0 Å². The first-order valence-corrected chi connectivity index (χ1v) is 9.00. The van der Waals surface area contributed by atoms with Gasteiger partial charge in [-0.2, -0.15) is 10.1 Å². The van der Waals surface area contributed by atoms with Gasteiger partial charge < -0.3 is 9.47 Å². The highest BCUT2D eigenvalue weighted by Crippen LogP contribution is 2.30. The molecule has 144 valence electrons. The van der Waals surface area contributed by atoms with Crippen molar-refractivity contribution in [2.75, 3.05) is 13.7 Å². The van der Waals surface area contributed by atoms with Gasteiger partial charge in [-0.3, -0.25) is 9.59 Å². The van der Waals surface area contributed by atoms with Crippen LogP contribution >= 0.6 is 0 Å². The molecule has 6 nitrogen and oxygen atoms in total. The number of amides is 2. The number of hydrogen-bond acceptors (Lipinski definition) is 5. The predicted octanol–water partition coefficient (Wildman–Crippen LogP) is 4.04. The summed E-state index contributed by atoms with van der Waals surface area (Å²) in [7, 11) is 1.53. The maximum atomic E-state index is 12.9. The molecule has 0 radical (unpaired) electrons. The molecule has 0 saturated heterocycles. The van der Waals surface area contributed by atoms with Gasteiger partial charge in [-0.05, 0) is 41.3 Å². The van der Waals surface area contributed by atoms with Gasteiger partial charge in [0.1, 0.15) is 6.61 Å². The van der Waals surface area contributed by atoms with Crippen molar-refractivity contribution in [2.45, 2.75) is 0 Å². The third-order valence-electron chi connectivity index (χ3n) is 4.62. The van der Waals surface area contributed by atoms with Crippen molar-refractivity contribution in [3.8, 4) is 11.5 Å². The van der Waals surface area contributed by atoms with Crippen molar-refractivity contribution in [3.05, 3.63) is 83.9 Å². The molecule has 0 saturated carbocycles. The van der Waals surface area contributed by atoms with E-state index < -0.39 is 11.8 Å². The number of ether oxygens (including phenoxy) is 2. The van der Waals surface area contributed by atoms with Gasteiger partial charge in [0, 0.05) is 5.39 Å². The summed E-state index contributed by atoms with van der Waals surface area (Å²) in [5.41, 5.74) is 1.58. The van der Waals surface area contributed by atoms with Gasteiger partial charge in [0.2, 0.25) is 0 Å².